The Morgan fingerprint density at radius 1 is 0.500 bits per heavy atom. The van der Waals surface area contributed by atoms with Gasteiger partial charge in [-0.2, -0.15) is 0 Å². The molecule has 0 spiro atoms. The SMILES string of the molecule is [C-]#N.[C-]#N.[C-]#N.[C-]#N.[Na].[Ni]. The summed E-state index contributed by atoms with van der Waals surface area (Å²) in [6.45, 7) is 19.0. The molecule has 0 aromatic rings. The van der Waals surface area contributed by atoms with Gasteiger partial charge in [0.15, 0.2) is 0 Å². The first-order valence-corrected chi connectivity index (χ1v) is 0.894. The molecule has 0 atom stereocenters. The molecule has 0 aromatic heterocycles. The van der Waals surface area contributed by atoms with E-state index in [1.807, 2.05) is 0 Å². The van der Waals surface area contributed by atoms with Crippen molar-refractivity contribution >= 4 is 29.6 Å². The zero-order valence-corrected chi connectivity index (χ0v) is 8.09. The van der Waals surface area contributed by atoms with Crippen LogP contribution in [0, 0.1) is 47.3 Å². The third-order valence-corrected chi connectivity index (χ3v) is 0. The smallest absolute Gasteiger partial charge is 0 e. The van der Waals surface area contributed by atoms with E-state index in [0.29, 0.717) is 0 Å². The molecule has 0 saturated carbocycles. The standard InChI is InChI=1S/4CN.Na.Ni/c4*1-2;;/q4*-1;;. The van der Waals surface area contributed by atoms with E-state index in [2.05, 4.69) is 0 Å². The van der Waals surface area contributed by atoms with Crippen molar-refractivity contribution in [3.05, 3.63) is 26.3 Å². The average molecular weight is 186 g/mol. The van der Waals surface area contributed by atoms with Gasteiger partial charge in [0.05, 0.1) is 0 Å². The summed E-state index contributed by atoms with van der Waals surface area (Å²) in [6, 6.07) is 0. The minimum Gasteiger partial charge on any atom is -0.512 e. The molecule has 0 saturated heterocycles. The van der Waals surface area contributed by atoms with E-state index in [0.717, 1.165) is 0 Å². The van der Waals surface area contributed by atoms with Gasteiger partial charge in [-0.05, 0) is 0 Å². The minimum atomic E-state index is 0. The van der Waals surface area contributed by atoms with Gasteiger partial charge in [-0.15, -0.1) is 0 Å². The molecule has 0 aliphatic heterocycles. The molecule has 0 rings (SSSR count). The fourth-order valence-corrected chi connectivity index (χ4v) is 0. The van der Waals surface area contributed by atoms with Crippen molar-refractivity contribution in [1.29, 1.82) is 21.0 Å². The van der Waals surface area contributed by atoms with Crippen LogP contribution in [0.5, 0.6) is 0 Å². The summed E-state index contributed by atoms with van der Waals surface area (Å²) < 4.78 is 0. The van der Waals surface area contributed by atoms with Crippen LogP contribution < -0.4 is 0 Å². The van der Waals surface area contributed by atoms with E-state index in [4.69, 9.17) is 47.3 Å². The van der Waals surface area contributed by atoms with Gasteiger partial charge in [-0.3, -0.25) is 0 Å². The normalized spacial score (nSPS) is 0.800. The molecular formula is C4N4NaNi-4. The zero-order valence-electron chi connectivity index (χ0n) is 5.11. The van der Waals surface area contributed by atoms with Gasteiger partial charge in [0.25, 0.3) is 0 Å². The van der Waals surface area contributed by atoms with Gasteiger partial charge < -0.3 is 47.3 Å². The maximum atomic E-state index is 6.25. The van der Waals surface area contributed by atoms with Gasteiger partial charge in [-0.25, -0.2) is 0 Å². The van der Waals surface area contributed by atoms with E-state index in [1.54, 1.807) is 0 Å². The molecule has 0 fully saturated rings. The van der Waals surface area contributed by atoms with Crippen LogP contribution in [0.2, 0.25) is 0 Å². The van der Waals surface area contributed by atoms with Gasteiger partial charge in [0, 0.05) is 46.0 Å². The molecule has 6 heteroatoms. The average Bonchev–Trinajstić information content (AvgIpc) is 2.03. The van der Waals surface area contributed by atoms with E-state index in [9.17, 15) is 0 Å². The first kappa shape index (κ1) is 56.6. The van der Waals surface area contributed by atoms with Gasteiger partial charge in [0.1, 0.15) is 0 Å². The van der Waals surface area contributed by atoms with Crippen LogP contribution in [-0.2, 0) is 16.5 Å². The van der Waals surface area contributed by atoms with Crippen molar-refractivity contribution in [2.75, 3.05) is 0 Å². The Balaban J connectivity index is -0.00000000500. The minimum absolute atomic E-state index is 0. The number of hydrogen-bond donors (Lipinski definition) is 0. The van der Waals surface area contributed by atoms with Crippen molar-refractivity contribution in [1.82, 2.24) is 0 Å². The van der Waals surface area contributed by atoms with Crippen molar-refractivity contribution < 1.29 is 16.5 Å². The van der Waals surface area contributed by atoms with E-state index < -0.39 is 0 Å². The number of hydrogen-bond acceptors (Lipinski definition) is 4. The van der Waals surface area contributed by atoms with Gasteiger partial charge >= 0.3 is 0 Å². The molecule has 0 amide bonds. The second kappa shape index (κ2) is 1570. The summed E-state index contributed by atoms with van der Waals surface area (Å²) in [5, 5.41) is 25.0. The van der Waals surface area contributed by atoms with Crippen LogP contribution in [0.4, 0.5) is 0 Å². The van der Waals surface area contributed by atoms with Crippen molar-refractivity contribution in [3.8, 4) is 0 Å². The summed E-state index contributed by atoms with van der Waals surface area (Å²) in [5.41, 5.74) is 0. The summed E-state index contributed by atoms with van der Waals surface area (Å²) >= 11 is 0. The van der Waals surface area contributed by atoms with E-state index in [-0.39, 0.29) is 46.0 Å². The molecule has 1 radical (unpaired) electrons. The van der Waals surface area contributed by atoms with Crippen molar-refractivity contribution in [3.63, 3.8) is 0 Å². The van der Waals surface area contributed by atoms with Crippen LogP contribution in [0.1, 0.15) is 0 Å². The fourth-order valence-electron chi connectivity index (χ4n) is 0. The van der Waals surface area contributed by atoms with Crippen LogP contribution in [0.15, 0.2) is 0 Å². The Kier molecular flexibility index (Phi) is 8910. The Morgan fingerprint density at radius 2 is 0.500 bits per heavy atom. The maximum Gasteiger partial charge on any atom is 0 e. The summed E-state index contributed by atoms with van der Waals surface area (Å²) in [6.07, 6.45) is 0. The van der Waals surface area contributed by atoms with Crippen LogP contribution in [-0.4, -0.2) is 29.6 Å². The van der Waals surface area contributed by atoms with E-state index in [1.165, 1.54) is 0 Å². The number of rotatable bonds is 0. The van der Waals surface area contributed by atoms with E-state index >= 15 is 0 Å². The monoisotopic (exact) mass is 185 g/mol. The summed E-state index contributed by atoms with van der Waals surface area (Å²) in [4.78, 5) is 0. The number of nitrogens with zero attached hydrogens (tertiary/aromatic N) is 4. The largest absolute Gasteiger partial charge is 0.512 e. The third-order valence-electron chi connectivity index (χ3n) is 0. The Labute approximate surface area is 92.9 Å². The van der Waals surface area contributed by atoms with Crippen molar-refractivity contribution in [2.45, 2.75) is 0 Å². The predicted octanol–water partition coefficient (Wildman–Crippen LogP) is 0.00218. The maximum absolute atomic E-state index is 6.25. The van der Waals surface area contributed by atoms with Crippen LogP contribution in [0.3, 0.4) is 0 Å². The Hall–Kier alpha value is -0.546. The van der Waals surface area contributed by atoms with Crippen LogP contribution in [0.25, 0.3) is 0 Å². The second-order valence-electron chi connectivity index (χ2n) is 0. The van der Waals surface area contributed by atoms with Gasteiger partial charge in [-0.1, -0.05) is 0 Å². The molecule has 0 unspecified atom stereocenters. The van der Waals surface area contributed by atoms with Gasteiger partial charge in [0.2, 0.25) is 0 Å². The summed E-state index contributed by atoms with van der Waals surface area (Å²) in [7, 11) is 0. The second-order valence-corrected chi connectivity index (χ2v) is 0. The van der Waals surface area contributed by atoms with Crippen molar-refractivity contribution in [2.24, 2.45) is 0 Å². The zero-order chi connectivity index (χ0) is 8.00. The molecule has 0 bridgehead atoms. The first-order valence-electron chi connectivity index (χ1n) is 0.894. The predicted molar refractivity (Wildman–Crippen MR) is 25.6 cm³/mol. The molecule has 0 heterocycles. The van der Waals surface area contributed by atoms with Crippen LogP contribution >= 0.6 is 0 Å². The molecule has 4 nitrogen and oxygen atoms in total. The topological polar surface area (TPSA) is 95.2 Å². The molecule has 0 aliphatic carbocycles. The molecule has 10 heavy (non-hydrogen) atoms. The molecular weight excluding hydrogens is 186 g/mol. The fraction of sp³-hybridized carbons (Fsp3) is 0. The molecule has 51 valence electrons. The molecule has 0 N–H and O–H groups in total. The first-order chi connectivity index (χ1) is 4.00. The molecule has 0 aromatic carbocycles. The third kappa shape index (κ3) is 1040. The Morgan fingerprint density at radius 3 is 0.500 bits per heavy atom. The summed E-state index contributed by atoms with van der Waals surface area (Å²) in [5.74, 6) is 0. The molecule has 0 aliphatic rings. The quantitative estimate of drug-likeness (QED) is 0.392. The Bertz CT molecular complexity index is 60.2.